The fraction of sp³-hybridized carbons (Fsp3) is 0.391. The van der Waals surface area contributed by atoms with E-state index in [-0.39, 0.29) is 17.7 Å². The Morgan fingerprint density at radius 3 is 2.84 bits per heavy atom. The first-order valence-electron chi connectivity index (χ1n) is 10.5. The number of carbonyl (C=O) groups is 2. The summed E-state index contributed by atoms with van der Waals surface area (Å²) in [4.78, 5) is 36.0. The molecule has 0 aliphatic carbocycles. The SMILES string of the molecule is Cc1nccn1CC(C)C(=O)N1CCCC(c2nc3ccc(F)cc3cc2C(N)=O)C1. The second-order valence-corrected chi connectivity index (χ2v) is 8.27. The van der Waals surface area contributed by atoms with Crippen LogP contribution >= 0.6 is 0 Å². The zero-order chi connectivity index (χ0) is 22.1. The highest BCUT2D eigenvalue weighted by atomic mass is 19.1. The van der Waals surface area contributed by atoms with Crippen LogP contribution in [0.3, 0.4) is 0 Å². The Kier molecular flexibility index (Phi) is 5.71. The number of benzene rings is 1. The Morgan fingerprint density at radius 2 is 2.13 bits per heavy atom. The summed E-state index contributed by atoms with van der Waals surface area (Å²) < 4.78 is 15.6. The first-order chi connectivity index (χ1) is 14.8. The van der Waals surface area contributed by atoms with Crippen molar-refractivity contribution in [3.8, 4) is 0 Å². The molecule has 3 aromatic rings. The highest BCUT2D eigenvalue weighted by molar-refractivity contribution is 5.98. The number of aryl methyl sites for hydroxylation is 1. The van der Waals surface area contributed by atoms with E-state index in [2.05, 4.69) is 9.97 Å². The quantitative estimate of drug-likeness (QED) is 0.683. The lowest BCUT2D eigenvalue weighted by Crippen LogP contribution is -2.43. The number of nitrogens with two attached hydrogens (primary N) is 1. The average molecular weight is 423 g/mol. The maximum absolute atomic E-state index is 13.6. The molecular weight excluding hydrogens is 397 g/mol. The van der Waals surface area contributed by atoms with E-state index in [4.69, 9.17) is 5.73 Å². The van der Waals surface area contributed by atoms with Crippen molar-refractivity contribution in [2.24, 2.45) is 11.7 Å². The average Bonchev–Trinajstić information content (AvgIpc) is 3.16. The van der Waals surface area contributed by atoms with Crippen LogP contribution in [0.1, 0.15) is 47.6 Å². The largest absolute Gasteiger partial charge is 0.366 e. The van der Waals surface area contributed by atoms with Crippen molar-refractivity contribution in [3.63, 3.8) is 0 Å². The molecule has 2 atom stereocenters. The summed E-state index contributed by atoms with van der Waals surface area (Å²) in [5, 5.41) is 0.533. The fourth-order valence-corrected chi connectivity index (χ4v) is 4.35. The predicted octanol–water partition coefficient (Wildman–Crippen LogP) is 3.02. The van der Waals surface area contributed by atoms with Crippen molar-refractivity contribution < 1.29 is 14.0 Å². The van der Waals surface area contributed by atoms with Crippen LogP contribution in [0.25, 0.3) is 10.9 Å². The lowest BCUT2D eigenvalue weighted by molar-refractivity contribution is -0.136. The number of imidazole rings is 1. The van der Waals surface area contributed by atoms with E-state index >= 15 is 0 Å². The number of rotatable bonds is 5. The summed E-state index contributed by atoms with van der Waals surface area (Å²) in [6, 6.07) is 5.89. The molecule has 8 heteroatoms. The minimum atomic E-state index is -0.596. The normalized spacial score (nSPS) is 17.6. The monoisotopic (exact) mass is 423 g/mol. The molecule has 1 aliphatic heterocycles. The number of nitrogens with zero attached hydrogens (tertiary/aromatic N) is 4. The first kappa shape index (κ1) is 21.0. The van der Waals surface area contributed by atoms with Crippen LogP contribution < -0.4 is 5.73 Å². The van der Waals surface area contributed by atoms with Gasteiger partial charge in [-0.25, -0.2) is 9.37 Å². The van der Waals surface area contributed by atoms with Crippen LogP contribution in [0.4, 0.5) is 4.39 Å². The Labute approximate surface area is 180 Å². The van der Waals surface area contributed by atoms with E-state index in [0.29, 0.717) is 41.8 Å². The van der Waals surface area contributed by atoms with Gasteiger partial charge in [-0.15, -0.1) is 0 Å². The molecule has 1 aromatic carbocycles. The third kappa shape index (κ3) is 4.28. The summed E-state index contributed by atoms with van der Waals surface area (Å²) >= 11 is 0. The molecule has 1 saturated heterocycles. The summed E-state index contributed by atoms with van der Waals surface area (Å²) in [7, 11) is 0. The van der Waals surface area contributed by atoms with Gasteiger partial charge in [0.15, 0.2) is 0 Å². The van der Waals surface area contributed by atoms with Gasteiger partial charge in [-0.1, -0.05) is 6.92 Å². The number of carbonyl (C=O) groups excluding carboxylic acids is 2. The molecule has 1 aliphatic rings. The lowest BCUT2D eigenvalue weighted by atomic mass is 9.90. The van der Waals surface area contributed by atoms with Crippen molar-refractivity contribution in [1.82, 2.24) is 19.4 Å². The Morgan fingerprint density at radius 1 is 1.32 bits per heavy atom. The van der Waals surface area contributed by atoms with E-state index in [1.165, 1.54) is 12.1 Å². The number of halogens is 1. The standard InChI is InChI=1S/C23H26FN5O2/c1-14(12-28-9-7-26-15(28)2)23(31)29-8-3-4-16(13-29)21-19(22(25)30)11-17-10-18(24)5-6-20(17)27-21/h5-7,9-11,14,16H,3-4,8,12-13H2,1-2H3,(H2,25,30). The lowest BCUT2D eigenvalue weighted by Gasteiger charge is -2.34. The molecule has 4 rings (SSSR count). The number of aromatic nitrogens is 3. The van der Waals surface area contributed by atoms with Gasteiger partial charge in [-0.3, -0.25) is 14.6 Å². The van der Waals surface area contributed by atoms with Gasteiger partial charge in [-0.2, -0.15) is 0 Å². The van der Waals surface area contributed by atoms with Gasteiger partial charge in [0.1, 0.15) is 11.6 Å². The van der Waals surface area contributed by atoms with Gasteiger partial charge in [-0.05, 0) is 44.0 Å². The van der Waals surface area contributed by atoms with Crippen molar-refractivity contribution in [3.05, 3.63) is 59.6 Å². The topological polar surface area (TPSA) is 94.1 Å². The maximum atomic E-state index is 13.6. The fourth-order valence-electron chi connectivity index (χ4n) is 4.35. The zero-order valence-electron chi connectivity index (χ0n) is 17.7. The van der Waals surface area contributed by atoms with Gasteiger partial charge >= 0.3 is 0 Å². The van der Waals surface area contributed by atoms with E-state index in [1.807, 2.05) is 29.5 Å². The van der Waals surface area contributed by atoms with Crippen LogP contribution in [-0.2, 0) is 11.3 Å². The van der Waals surface area contributed by atoms with Crippen molar-refractivity contribution in [1.29, 1.82) is 0 Å². The third-order valence-electron chi connectivity index (χ3n) is 6.01. The molecule has 0 bridgehead atoms. The molecule has 0 saturated carbocycles. The van der Waals surface area contributed by atoms with Gasteiger partial charge in [0, 0.05) is 43.3 Å². The molecule has 7 nitrogen and oxygen atoms in total. The van der Waals surface area contributed by atoms with Gasteiger partial charge in [0.25, 0.3) is 5.91 Å². The van der Waals surface area contributed by atoms with E-state index in [0.717, 1.165) is 18.7 Å². The molecule has 2 aromatic heterocycles. The summed E-state index contributed by atoms with van der Waals surface area (Å²) in [6.45, 7) is 5.55. The second kappa shape index (κ2) is 8.45. The molecule has 0 spiro atoms. The number of amides is 2. The zero-order valence-corrected chi connectivity index (χ0v) is 17.7. The predicted molar refractivity (Wildman–Crippen MR) is 115 cm³/mol. The van der Waals surface area contributed by atoms with Gasteiger partial charge < -0.3 is 15.2 Å². The van der Waals surface area contributed by atoms with E-state index < -0.39 is 11.7 Å². The van der Waals surface area contributed by atoms with E-state index in [9.17, 15) is 14.0 Å². The minimum absolute atomic E-state index is 0.0706. The number of likely N-dealkylation sites (tertiary alicyclic amines) is 1. The summed E-state index contributed by atoms with van der Waals surface area (Å²) in [5.74, 6) is -0.345. The van der Waals surface area contributed by atoms with Gasteiger partial charge in [0.05, 0.1) is 22.7 Å². The van der Waals surface area contributed by atoms with Crippen molar-refractivity contribution in [2.45, 2.75) is 39.2 Å². The summed E-state index contributed by atoms with van der Waals surface area (Å²) in [5.41, 5.74) is 7.10. The van der Waals surface area contributed by atoms with Gasteiger partial charge in [0.2, 0.25) is 5.91 Å². The maximum Gasteiger partial charge on any atom is 0.250 e. The highest BCUT2D eigenvalue weighted by Crippen LogP contribution is 2.31. The molecule has 1 fully saturated rings. The molecular formula is C23H26FN5O2. The first-order valence-corrected chi connectivity index (χ1v) is 10.5. The molecule has 2 N–H and O–H groups in total. The molecule has 0 radical (unpaired) electrons. The number of primary amides is 1. The number of fused-ring (bicyclic) bond motifs is 1. The third-order valence-corrected chi connectivity index (χ3v) is 6.01. The Hall–Kier alpha value is -3.29. The van der Waals surface area contributed by atoms with Crippen LogP contribution in [-0.4, -0.2) is 44.3 Å². The van der Waals surface area contributed by atoms with Crippen molar-refractivity contribution >= 4 is 22.7 Å². The van der Waals surface area contributed by atoms with Crippen LogP contribution in [0.5, 0.6) is 0 Å². The number of pyridine rings is 1. The van der Waals surface area contributed by atoms with Crippen LogP contribution in [0.2, 0.25) is 0 Å². The van der Waals surface area contributed by atoms with Crippen LogP contribution in [0, 0.1) is 18.7 Å². The number of hydrogen-bond acceptors (Lipinski definition) is 4. The van der Waals surface area contributed by atoms with Crippen LogP contribution in [0.15, 0.2) is 36.7 Å². The number of hydrogen-bond donors (Lipinski definition) is 1. The minimum Gasteiger partial charge on any atom is -0.366 e. The second-order valence-electron chi connectivity index (χ2n) is 8.27. The molecule has 2 amide bonds. The summed E-state index contributed by atoms with van der Waals surface area (Å²) in [6.07, 6.45) is 5.22. The Balaban J connectivity index is 1.58. The number of piperidine rings is 1. The highest BCUT2D eigenvalue weighted by Gasteiger charge is 2.30. The molecule has 31 heavy (non-hydrogen) atoms. The Bertz CT molecular complexity index is 1140. The molecule has 2 unspecified atom stereocenters. The van der Waals surface area contributed by atoms with Crippen molar-refractivity contribution in [2.75, 3.05) is 13.1 Å². The molecule has 3 heterocycles. The van der Waals surface area contributed by atoms with E-state index in [1.54, 1.807) is 18.3 Å². The smallest absolute Gasteiger partial charge is 0.250 e. The molecule has 162 valence electrons.